The second-order valence-corrected chi connectivity index (χ2v) is 9.05. The molecular weight excluding hydrogens is 442 g/mol. The van der Waals surface area contributed by atoms with Crippen LogP contribution in [0.5, 0.6) is 0 Å². The third-order valence-electron chi connectivity index (χ3n) is 5.30. The minimum atomic E-state index is -0.477. The number of rotatable bonds is 4. The van der Waals surface area contributed by atoms with Gasteiger partial charge in [0, 0.05) is 5.56 Å². The lowest BCUT2D eigenvalue weighted by molar-refractivity contribution is -0.116. The van der Waals surface area contributed by atoms with Gasteiger partial charge in [-0.15, -0.1) is 10.2 Å². The third-order valence-corrected chi connectivity index (χ3v) is 6.84. The summed E-state index contributed by atoms with van der Waals surface area (Å²) in [5.74, 6) is 0.548. The molecule has 4 aromatic rings. The summed E-state index contributed by atoms with van der Waals surface area (Å²) in [6.45, 7) is 2.04. The topological polar surface area (TPSA) is 71.8 Å². The van der Waals surface area contributed by atoms with Gasteiger partial charge in [0.2, 0.25) is 11.1 Å². The quantitative estimate of drug-likeness (QED) is 0.431. The summed E-state index contributed by atoms with van der Waals surface area (Å²) in [6.07, 6.45) is 0. The van der Waals surface area contributed by atoms with E-state index >= 15 is 0 Å². The Morgan fingerprint density at radius 1 is 1.00 bits per heavy atom. The number of nitrogens with one attached hydrogen (secondary N) is 2. The van der Waals surface area contributed by atoms with E-state index in [0.717, 1.165) is 16.7 Å². The molecule has 1 aromatic heterocycles. The van der Waals surface area contributed by atoms with Crippen molar-refractivity contribution >= 4 is 35.0 Å². The lowest BCUT2D eigenvalue weighted by Crippen LogP contribution is -2.41. The lowest BCUT2D eigenvalue weighted by Gasteiger charge is -2.33. The number of carbonyl (C=O) groups is 1. The summed E-state index contributed by atoms with van der Waals surface area (Å²) in [5.41, 5.74) is 7.17. The molecule has 32 heavy (non-hydrogen) atoms. The Labute approximate surface area is 195 Å². The van der Waals surface area contributed by atoms with Crippen molar-refractivity contribution in [2.45, 2.75) is 23.4 Å². The number of hydrogen-bond acceptors (Lipinski definition) is 5. The molecule has 0 saturated heterocycles. The second-order valence-electron chi connectivity index (χ2n) is 7.53. The maximum Gasteiger partial charge on any atom is 0.240 e. The first-order valence-electron chi connectivity index (χ1n) is 10.2. The van der Waals surface area contributed by atoms with Crippen molar-refractivity contribution in [3.8, 4) is 11.4 Å². The van der Waals surface area contributed by atoms with Gasteiger partial charge in [-0.05, 0) is 24.6 Å². The van der Waals surface area contributed by atoms with Gasteiger partial charge >= 0.3 is 0 Å². The molecule has 2 heterocycles. The molecule has 5 rings (SSSR count). The first-order chi connectivity index (χ1) is 15.6. The Balaban J connectivity index is 1.52. The van der Waals surface area contributed by atoms with Crippen molar-refractivity contribution < 1.29 is 4.79 Å². The summed E-state index contributed by atoms with van der Waals surface area (Å²) in [4.78, 5) is 13.4. The van der Waals surface area contributed by atoms with Crippen molar-refractivity contribution in [2.24, 2.45) is 0 Å². The Hall–Kier alpha value is -3.29. The Morgan fingerprint density at radius 2 is 1.72 bits per heavy atom. The molecule has 0 aliphatic carbocycles. The average molecular weight is 462 g/mol. The number of hydrogen-bond donors (Lipinski definition) is 2. The minimum Gasteiger partial charge on any atom is -0.324 e. The van der Waals surface area contributed by atoms with Crippen LogP contribution in [0.3, 0.4) is 0 Å². The number of benzene rings is 3. The highest BCUT2D eigenvalue weighted by Gasteiger charge is 2.38. The molecule has 0 saturated carbocycles. The summed E-state index contributed by atoms with van der Waals surface area (Å²) in [5, 5.41) is 12.3. The van der Waals surface area contributed by atoms with Crippen LogP contribution < -0.4 is 10.7 Å². The van der Waals surface area contributed by atoms with E-state index in [9.17, 15) is 4.79 Å². The molecule has 0 fully saturated rings. The summed E-state index contributed by atoms with van der Waals surface area (Å²) < 4.78 is 1.86. The largest absolute Gasteiger partial charge is 0.324 e. The fourth-order valence-electron chi connectivity index (χ4n) is 3.62. The first kappa shape index (κ1) is 20.6. The van der Waals surface area contributed by atoms with E-state index in [0.29, 0.717) is 21.7 Å². The van der Waals surface area contributed by atoms with E-state index in [-0.39, 0.29) is 11.9 Å². The van der Waals surface area contributed by atoms with Gasteiger partial charge in [0.05, 0.1) is 16.8 Å². The van der Waals surface area contributed by atoms with Gasteiger partial charge in [0.25, 0.3) is 0 Å². The van der Waals surface area contributed by atoms with Gasteiger partial charge in [0.15, 0.2) is 5.82 Å². The van der Waals surface area contributed by atoms with E-state index < -0.39 is 5.25 Å². The molecule has 1 amide bonds. The van der Waals surface area contributed by atoms with Crippen LogP contribution in [-0.2, 0) is 4.79 Å². The molecule has 0 radical (unpaired) electrons. The lowest BCUT2D eigenvalue weighted by atomic mass is 10.0. The number of nitrogens with zero attached hydrogens (tertiary/aromatic N) is 3. The second kappa shape index (κ2) is 8.68. The molecule has 2 N–H and O–H groups in total. The molecule has 3 aromatic carbocycles. The highest BCUT2D eigenvalue weighted by Crippen LogP contribution is 2.39. The zero-order chi connectivity index (χ0) is 22.1. The van der Waals surface area contributed by atoms with Gasteiger partial charge in [-0.1, -0.05) is 95.7 Å². The standard InChI is InChI=1S/C24H20ClN5OS/c1-15-11-13-16(14-12-15)20-21(23(31)26-19-10-6-5-9-18(19)25)32-24-28-27-22(30(24)29-20)17-7-3-2-4-8-17/h2-14,20-21,29H,1H3,(H,26,31)/t20-,21+/m0/s1. The highest BCUT2D eigenvalue weighted by atomic mass is 35.5. The van der Waals surface area contributed by atoms with Crippen molar-refractivity contribution in [1.82, 2.24) is 14.9 Å². The van der Waals surface area contributed by atoms with Crippen molar-refractivity contribution in [3.63, 3.8) is 0 Å². The van der Waals surface area contributed by atoms with Crippen LogP contribution in [-0.4, -0.2) is 26.0 Å². The molecule has 2 atom stereocenters. The maximum absolute atomic E-state index is 13.4. The van der Waals surface area contributed by atoms with E-state index in [1.165, 1.54) is 11.8 Å². The number of anilines is 1. The number of carbonyl (C=O) groups excluding carboxylic acids is 1. The molecule has 160 valence electrons. The Kier molecular flexibility index (Phi) is 5.59. The number of halogens is 1. The molecular formula is C24H20ClN5OS. The number of aromatic nitrogens is 3. The Bertz CT molecular complexity index is 1260. The number of thioether (sulfide) groups is 1. The highest BCUT2D eigenvalue weighted by molar-refractivity contribution is 8.00. The van der Waals surface area contributed by atoms with Crippen LogP contribution in [0, 0.1) is 6.92 Å². The normalized spacial score (nSPS) is 17.3. The molecule has 1 aliphatic rings. The van der Waals surface area contributed by atoms with Crippen LogP contribution in [0.25, 0.3) is 11.4 Å². The van der Waals surface area contributed by atoms with Crippen LogP contribution in [0.4, 0.5) is 5.69 Å². The fourth-order valence-corrected chi connectivity index (χ4v) is 4.88. The number of fused-ring (bicyclic) bond motifs is 1. The van der Waals surface area contributed by atoms with Gasteiger partial charge in [-0.2, -0.15) is 0 Å². The van der Waals surface area contributed by atoms with E-state index in [2.05, 4.69) is 20.9 Å². The molecule has 8 heteroatoms. The van der Waals surface area contributed by atoms with Gasteiger partial charge in [-0.3, -0.25) is 4.79 Å². The predicted octanol–water partition coefficient (Wildman–Crippen LogP) is 5.30. The van der Waals surface area contributed by atoms with Crippen LogP contribution in [0.15, 0.2) is 84.0 Å². The monoisotopic (exact) mass is 461 g/mol. The van der Waals surface area contributed by atoms with Crippen molar-refractivity contribution in [1.29, 1.82) is 0 Å². The molecule has 6 nitrogen and oxygen atoms in total. The van der Waals surface area contributed by atoms with Gasteiger partial charge in [-0.25, -0.2) is 4.68 Å². The molecule has 0 unspecified atom stereocenters. The van der Waals surface area contributed by atoms with Crippen LogP contribution in [0.2, 0.25) is 5.02 Å². The summed E-state index contributed by atoms with van der Waals surface area (Å²) in [7, 11) is 0. The van der Waals surface area contributed by atoms with E-state index in [1.54, 1.807) is 12.1 Å². The van der Waals surface area contributed by atoms with Gasteiger partial charge < -0.3 is 10.7 Å². The molecule has 0 spiro atoms. The van der Waals surface area contributed by atoms with Crippen molar-refractivity contribution in [2.75, 3.05) is 10.7 Å². The first-order valence-corrected chi connectivity index (χ1v) is 11.4. The zero-order valence-electron chi connectivity index (χ0n) is 17.2. The maximum atomic E-state index is 13.4. The third kappa shape index (κ3) is 3.97. The van der Waals surface area contributed by atoms with Crippen molar-refractivity contribution in [3.05, 3.63) is 95.0 Å². The van der Waals surface area contributed by atoms with Crippen LogP contribution >= 0.6 is 23.4 Å². The molecule has 0 bridgehead atoms. The predicted molar refractivity (Wildman–Crippen MR) is 128 cm³/mol. The van der Waals surface area contributed by atoms with E-state index in [1.807, 2.05) is 78.3 Å². The number of aryl methyl sites for hydroxylation is 1. The fraction of sp³-hybridized carbons (Fsp3) is 0.125. The summed E-state index contributed by atoms with van der Waals surface area (Å²) in [6, 6.07) is 25.0. The van der Waals surface area contributed by atoms with Gasteiger partial charge in [0.1, 0.15) is 5.25 Å². The SMILES string of the molecule is Cc1ccc([C@@H]2Nn3c(nnc3-c3ccccc3)S[C@H]2C(=O)Nc2ccccc2Cl)cc1. The number of amides is 1. The molecule has 1 aliphatic heterocycles. The zero-order valence-corrected chi connectivity index (χ0v) is 18.8. The number of para-hydroxylation sites is 1. The van der Waals surface area contributed by atoms with Crippen LogP contribution in [0.1, 0.15) is 17.2 Å². The average Bonchev–Trinajstić information content (AvgIpc) is 3.24. The smallest absolute Gasteiger partial charge is 0.240 e. The minimum absolute atomic E-state index is 0.156. The Morgan fingerprint density at radius 3 is 2.47 bits per heavy atom. The van der Waals surface area contributed by atoms with E-state index in [4.69, 9.17) is 11.6 Å². The summed E-state index contributed by atoms with van der Waals surface area (Å²) >= 11 is 7.65.